The van der Waals surface area contributed by atoms with Crippen LogP contribution in [0.2, 0.25) is 0 Å². The molecule has 7 heteroatoms. The number of anilines is 1. The van der Waals surface area contributed by atoms with E-state index in [-0.39, 0.29) is 5.91 Å². The predicted octanol–water partition coefficient (Wildman–Crippen LogP) is 1.36. The fourth-order valence-corrected chi connectivity index (χ4v) is 3.49. The van der Waals surface area contributed by atoms with Gasteiger partial charge < -0.3 is 16.4 Å². The number of hydrogen-bond acceptors (Lipinski definition) is 5. The van der Waals surface area contributed by atoms with Crippen molar-refractivity contribution in [2.75, 3.05) is 12.3 Å². The molecule has 2 amide bonds. The van der Waals surface area contributed by atoms with E-state index in [0.717, 1.165) is 23.1 Å². The monoisotopic (exact) mass is 304 g/mol. The molecule has 1 fully saturated rings. The number of likely N-dealkylation sites (tertiary alicyclic amines) is 1. The first-order chi connectivity index (χ1) is 10.1. The highest BCUT2D eigenvalue weighted by Gasteiger charge is 2.31. The number of piperidine rings is 1. The lowest BCUT2D eigenvalue weighted by atomic mass is 10.0. The molecule has 1 aromatic carbocycles. The molecule has 1 saturated heterocycles. The molecule has 2 heterocycles. The van der Waals surface area contributed by atoms with Gasteiger partial charge in [0.1, 0.15) is 6.04 Å². The lowest BCUT2D eigenvalue weighted by Crippen LogP contribution is -2.50. The zero-order chi connectivity index (χ0) is 15.0. The zero-order valence-corrected chi connectivity index (χ0v) is 12.2. The van der Waals surface area contributed by atoms with Gasteiger partial charge in [0, 0.05) is 12.1 Å². The maximum Gasteiger partial charge on any atom is 0.254 e. The van der Waals surface area contributed by atoms with Gasteiger partial charge in [0.15, 0.2) is 5.13 Å². The molecule has 1 aliphatic rings. The summed E-state index contributed by atoms with van der Waals surface area (Å²) in [6.45, 7) is 0.565. The molecule has 3 rings (SSSR count). The standard InChI is InChI=1S/C14H16N4O2S/c15-12(19)10-3-1-2-6-18(10)13(20)8-4-5-9-11(7-8)21-14(16)17-9/h4-5,7,10H,1-3,6H2,(H2,15,19)(H2,16,17). The average molecular weight is 304 g/mol. The van der Waals surface area contributed by atoms with E-state index >= 15 is 0 Å². The Morgan fingerprint density at radius 2 is 2.14 bits per heavy atom. The number of nitrogens with zero attached hydrogens (tertiary/aromatic N) is 2. The third-order valence-electron chi connectivity index (χ3n) is 3.74. The van der Waals surface area contributed by atoms with Crippen molar-refractivity contribution in [3.8, 4) is 0 Å². The third-order valence-corrected chi connectivity index (χ3v) is 4.59. The summed E-state index contributed by atoms with van der Waals surface area (Å²) in [4.78, 5) is 29.9. The summed E-state index contributed by atoms with van der Waals surface area (Å²) in [5.74, 6) is -0.599. The molecule has 4 N–H and O–H groups in total. The summed E-state index contributed by atoms with van der Waals surface area (Å²) in [5, 5.41) is 0.475. The van der Waals surface area contributed by atoms with Crippen LogP contribution >= 0.6 is 11.3 Å². The smallest absolute Gasteiger partial charge is 0.254 e. The van der Waals surface area contributed by atoms with Gasteiger partial charge in [-0.05, 0) is 37.5 Å². The first kappa shape index (κ1) is 13.8. The van der Waals surface area contributed by atoms with Crippen LogP contribution in [0.4, 0.5) is 5.13 Å². The van der Waals surface area contributed by atoms with Crippen molar-refractivity contribution in [1.82, 2.24) is 9.88 Å². The molecular formula is C14H16N4O2S. The number of aromatic nitrogens is 1. The summed E-state index contributed by atoms with van der Waals surface area (Å²) in [6, 6.07) is 4.77. The van der Waals surface area contributed by atoms with Crippen LogP contribution in [-0.2, 0) is 4.79 Å². The normalized spacial score (nSPS) is 18.9. The number of carbonyl (C=O) groups excluding carboxylic acids is 2. The second-order valence-corrected chi connectivity index (χ2v) is 6.21. The summed E-state index contributed by atoms with van der Waals surface area (Å²) < 4.78 is 0.867. The molecule has 1 atom stereocenters. The van der Waals surface area contributed by atoms with E-state index in [1.54, 1.807) is 23.1 Å². The summed E-state index contributed by atoms with van der Waals surface area (Å²) in [7, 11) is 0. The number of fused-ring (bicyclic) bond motifs is 1. The van der Waals surface area contributed by atoms with Crippen LogP contribution in [0.25, 0.3) is 10.2 Å². The third kappa shape index (κ3) is 2.56. The minimum absolute atomic E-state index is 0.160. The van der Waals surface area contributed by atoms with E-state index in [9.17, 15) is 9.59 Å². The largest absolute Gasteiger partial charge is 0.375 e. The Morgan fingerprint density at radius 1 is 1.33 bits per heavy atom. The molecule has 1 aliphatic heterocycles. The van der Waals surface area contributed by atoms with Gasteiger partial charge in [-0.15, -0.1) is 0 Å². The molecule has 6 nitrogen and oxygen atoms in total. The number of benzene rings is 1. The van der Waals surface area contributed by atoms with Crippen LogP contribution in [0.3, 0.4) is 0 Å². The Hall–Kier alpha value is -2.15. The quantitative estimate of drug-likeness (QED) is 0.874. The Bertz CT molecular complexity index is 712. The van der Waals surface area contributed by atoms with E-state index in [2.05, 4.69) is 4.98 Å². The van der Waals surface area contributed by atoms with E-state index in [0.29, 0.717) is 23.7 Å². The van der Waals surface area contributed by atoms with Crippen molar-refractivity contribution in [3.63, 3.8) is 0 Å². The highest BCUT2D eigenvalue weighted by molar-refractivity contribution is 7.22. The van der Waals surface area contributed by atoms with Crippen LogP contribution in [-0.4, -0.2) is 34.3 Å². The molecule has 0 saturated carbocycles. The molecule has 0 spiro atoms. The Morgan fingerprint density at radius 3 is 2.90 bits per heavy atom. The van der Waals surface area contributed by atoms with E-state index in [4.69, 9.17) is 11.5 Å². The molecule has 0 bridgehead atoms. The topological polar surface area (TPSA) is 102 Å². The predicted molar refractivity (Wildman–Crippen MR) is 81.9 cm³/mol. The van der Waals surface area contributed by atoms with E-state index in [1.807, 2.05) is 0 Å². The molecule has 1 aromatic heterocycles. The lowest BCUT2D eigenvalue weighted by molar-refractivity contribution is -0.123. The number of hydrogen-bond donors (Lipinski definition) is 2. The van der Waals surface area contributed by atoms with Crippen LogP contribution < -0.4 is 11.5 Å². The van der Waals surface area contributed by atoms with Crippen molar-refractivity contribution in [1.29, 1.82) is 0 Å². The first-order valence-electron chi connectivity index (χ1n) is 6.82. The Kier molecular flexibility index (Phi) is 3.50. The van der Waals surface area contributed by atoms with Crippen LogP contribution in [0.1, 0.15) is 29.6 Å². The molecule has 0 radical (unpaired) electrons. The average Bonchev–Trinajstić information content (AvgIpc) is 2.85. The molecule has 110 valence electrons. The summed E-state index contributed by atoms with van der Waals surface area (Å²) >= 11 is 1.34. The van der Waals surface area contributed by atoms with Crippen molar-refractivity contribution >= 4 is 38.5 Å². The molecule has 21 heavy (non-hydrogen) atoms. The van der Waals surface area contributed by atoms with Gasteiger partial charge in [-0.2, -0.15) is 0 Å². The highest BCUT2D eigenvalue weighted by Crippen LogP contribution is 2.26. The van der Waals surface area contributed by atoms with E-state index in [1.165, 1.54) is 11.3 Å². The van der Waals surface area contributed by atoms with Crippen LogP contribution in [0, 0.1) is 0 Å². The highest BCUT2D eigenvalue weighted by atomic mass is 32.1. The number of primary amides is 1. The molecule has 2 aromatic rings. The van der Waals surface area contributed by atoms with Gasteiger partial charge in [0.05, 0.1) is 10.2 Å². The van der Waals surface area contributed by atoms with Crippen LogP contribution in [0.5, 0.6) is 0 Å². The van der Waals surface area contributed by atoms with E-state index < -0.39 is 11.9 Å². The van der Waals surface area contributed by atoms with Gasteiger partial charge in [0.2, 0.25) is 5.91 Å². The van der Waals surface area contributed by atoms with Gasteiger partial charge in [-0.1, -0.05) is 11.3 Å². The summed E-state index contributed by atoms with van der Waals surface area (Å²) in [5.41, 5.74) is 12.4. The van der Waals surface area contributed by atoms with Crippen molar-refractivity contribution < 1.29 is 9.59 Å². The fraction of sp³-hybridized carbons (Fsp3) is 0.357. The number of rotatable bonds is 2. The SMILES string of the molecule is NC(=O)C1CCCCN1C(=O)c1ccc2nc(N)sc2c1. The van der Waals surface area contributed by atoms with Gasteiger partial charge in [0.25, 0.3) is 5.91 Å². The lowest BCUT2D eigenvalue weighted by Gasteiger charge is -2.33. The number of nitrogens with two attached hydrogens (primary N) is 2. The second-order valence-electron chi connectivity index (χ2n) is 5.15. The number of thiazole rings is 1. The maximum absolute atomic E-state index is 12.6. The molecular weight excluding hydrogens is 288 g/mol. The Labute approximate surface area is 125 Å². The minimum atomic E-state index is -0.506. The molecule has 0 aliphatic carbocycles. The maximum atomic E-state index is 12.6. The zero-order valence-electron chi connectivity index (χ0n) is 11.4. The summed E-state index contributed by atoms with van der Waals surface area (Å²) in [6.07, 6.45) is 2.45. The fourth-order valence-electron chi connectivity index (χ4n) is 2.71. The van der Waals surface area contributed by atoms with Gasteiger partial charge >= 0.3 is 0 Å². The van der Waals surface area contributed by atoms with Crippen molar-refractivity contribution in [3.05, 3.63) is 23.8 Å². The van der Waals surface area contributed by atoms with Gasteiger partial charge in [-0.25, -0.2) is 4.98 Å². The first-order valence-corrected chi connectivity index (χ1v) is 7.64. The van der Waals surface area contributed by atoms with Crippen molar-refractivity contribution in [2.24, 2.45) is 5.73 Å². The van der Waals surface area contributed by atoms with Gasteiger partial charge in [-0.3, -0.25) is 9.59 Å². The molecule has 1 unspecified atom stereocenters. The second kappa shape index (κ2) is 5.33. The minimum Gasteiger partial charge on any atom is -0.375 e. The van der Waals surface area contributed by atoms with Crippen molar-refractivity contribution in [2.45, 2.75) is 25.3 Å². The van der Waals surface area contributed by atoms with Crippen LogP contribution in [0.15, 0.2) is 18.2 Å². The Balaban J connectivity index is 1.92. The number of amides is 2. The number of nitrogen functional groups attached to an aromatic ring is 1. The number of carbonyl (C=O) groups is 2.